The number of benzene rings is 2. The Morgan fingerprint density at radius 1 is 1.12 bits per heavy atom. The van der Waals surface area contributed by atoms with E-state index in [-0.39, 0.29) is 17.7 Å². The molecule has 0 atom stereocenters. The van der Waals surface area contributed by atoms with Crippen LogP contribution in [0.2, 0.25) is 0 Å². The zero-order chi connectivity index (χ0) is 16.9. The van der Waals surface area contributed by atoms with E-state index < -0.39 is 0 Å². The largest absolute Gasteiger partial charge is 0.326 e. The van der Waals surface area contributed by atoms with Crippen molar-refractivity contribution >= 4 is 23.7 Å². The standard InChI is InChI=1S/C19H19N3O2/c1-13-3-2-4-14(11-13)12-20-22-19(24)16-7-9-17(10-8-16)21-18(23)15-5-6-15/h2-4,7-12,15H,5-6H2,1H3,(H,21,23)(H,22,24)/b20-12+. The molecule has 1 fully saturated rings. The average Bonchev–Trinajstić information content (AvgIpc) is 3.40. The average molecular weight is 321 g/mol. The fourth-order valence-corrected chi connectivity index (χ4v) is 2.28. The maximum Gasteiger partial charge on any atom is 0.271 e. The molecule has 24 heavy (non-hydrogen) atoms. The molecule has 0 unspecified atom stereocenters. The van der Waals surface area contributed by atoms with Gasteiger partial charge in [0.1, 0.15) is 0 Å². The molecule has 5 nitrogen and oxygen atoms in total. The first-order valence-corrected chi connectivity index (χ1v) is 7.93. The van der Waals surface area contributed by atoms with Crippen LogP contribution in [-0.4, -0.2) is 18.0 Å². The van der Waals surface area contributed by atoms with Gasteiger partial charge in [-0.25, -0.2) is 5.43 Å². The maximum absolute atomic E-state index is 12.0. The minimum Gasteiger partial charge on any atom is -0.326 e. The summed E-state index contributed by atoms with van der Waals surface area (Å²) in [6.07, 6.45) is 3.53. The van der Waals surface area contributed by atoms with Crippen LogP contribution in [0.15, 0.2) is 53.6 Å². The summed E-state index contributed by atoms with van der Waals surface area (Å²) in [7, 11) is 0. The normalized spacial score (nSPS) is 13.7. The van der Waals surface area contributed by atoms with E-state index in [0.717, 1.165) is 24.0 Å². The molecule has 0 bridgehead atoms. The summed E-state index contributed by atoms with van der Waals surface area (Å²) in [5.41, 5.74) is 5.74. The van der Waals surface area contributed by atoms with Crippen LogP contribution >= 0.6 is 0 Å². The number of amides is 2. The maximum atomic E-state index is 12.0. The highest BCUT2D eigenvalue weighted by Gasteiger charge is 2.29. The molecule has 2 aromatic carbocycles. The van der Waals surface area contributed by atoms with E-state index >= 15 is 0 Å². The molecule has 0 saturated heterocycles. The molecule has 2 aromatic rings. The molecule has 1 aliphatic carbocycles. The molecule has 0 aromatic heterocycles. The monoisotopic (exact) mass is 321 g/mol. The number of anilines is 1. The van der Waals surface area contributed by atoms with Crippen molar-refractivity contribution in [3.63, 3.8) is 0 Å². The number of aryl methyl sites for hydroxylation is 1. The Labute approximate surface area is 140 Å². The molecule has 0 heterocycles. The van der Waals surface area contributed by atoms with Crippen molar-refractivity contribution in [2.45, 2.75) is 19.8 Å². The molecule has 122 valence electrons. The zero-order valence-electron chi connectivity index (χ0n) is 13.5. The second kappa shape index (κ2) is 7.08. The van der Waals surface area contributed by atoms with Gasteiger partial charge in [0.05, 0.1) is 6.21 Å². The third kappa shape index (κ3) is 4.29. The summed E-state index contributed by atoms with van der Waals surface area (Å²) < 4.78 is 0. The Balaban J connectivity index is 1.55. The minimum absolute atomic E-state index is 0.0509. The fraction of sp³-hybridized carbons (Fsp3) is 0.211. The SMILES string of the molecule is Cc1cccc(/C=N/NC(=O)c2ccc(NC(=O)C3CC3)cc2)c1. The van der Waals surface area contributed by atoms with Gasteiger partial charge in [-0.1, -0.05) is 29.8 Å². The lowest BCUT2D eigenvalue weighted by atomic mass is 10.2. The summed E-state index contributed by atoms with van der Waals surface area (Å²) >= 11 is 0. The molecular formula is C19H19N3O2. The van der Waals surface area contributed by atoms with Gasteiger partial charge in [0.2, 0.25) is 5.91 Å². The van der Waals surface area contributed by atoms with Gasteiger partial charge < -0.3 is 5.32 Å². The van der Waals surface area contributed by atoms with Gasteiger partial charge in [-0.05, 0) is 49.6 Å². The van der Waals surface area contributed by atoms with E-state index in [0.29, 0.717) is 11.3 Å². The molecular weight excluding hydrogens is 302 g/mol. The Bertz CT molecular complexity index is 777. The van der Waals surface area contributed by atoms with Crippen LogP contribution in [0.1, 0.15) is 34.3 Å². The topological polar surface area (TPSA) is 70.6 Å². The number of carbonyl (C=O) groups is 2. The number of nitrogens with one attached hydrogen (secondary N) is 2. The first-order valence-electron chi connectivity index (χ1n) is 7.93. The summed E-state index contributed by atoms with van der Waals surface area (Å²) in [6.45, 7) is 2.00. The van der Waals surface area contributed by atoms with Crippen LogP contribution in [0.5, 0.6) is 0 Å². The second-order valence-electron chi connectivity index (χ2n) is 5.95. The van der Waals surface area contributed by atoms with Crippen LogP contribution in [0.25, 0.3) is 0 Å². The van der Waals surface area contributed by atoms with Gasteiger partial charge in [0, 0.05) is 17.2 Å². The molecule has 1 aliphatic rings. The van der Waals surface area contributed by atoms with Crippen molar-refractivity contribution in [3.8, 4) is 0 Å². The second-order valence-corrected chi connectivity index (χ2v) is 5.95. The Hall–Kier alpha value is -2.95. The Kier molecular flexibility index (Phi) is 4.70. The predicted molar refractivity (Wildman–Crippen MR) is 94.0 cm³/mol. The zero-order valence-corrected chi connectivity index (χ0v) is 13.5. The summed E-state index contributed by atoms with van der Waals surface area (Å²) in [4.78, 5) is 23.7. The molecule has 0 radical (unpaired) electrons. The van der Waals surface area contributed by atoms with Gasteiger partial charge in [-0.2, -0.15) is 5.10 Å². The lowest BCUT2D eigenvalue weighted by molar-refractivity contribution is -0.117. The van der Waals surface area contributed by atoms with Gasteiger partial charge in [0.25, 0.3) is 5.91 Å². The first-order chi connectivity index (χ1) is 11.6. The van der Waals surface area contributed by atoms with Gasteiger partial charge in [-0.15, -0.1) is 0 Å². The number of hydrazone groups is 1. The van der Waals surface area contributed by atoms with Crippen molar-refractivity contribution in [2.24, 2.45) is 11.0 Å². The predicted octanol–water partition coefficient (Wildman–Crippen LogP) is 3.11. The quantitative estimate of drug-likeness (QED) is 0.656. The lowest BCUT2D eigenvalue weighted by Crippen LogP contribution is -2.18. The lowest BCUT2D eigenvalue weighted by Gasteiger charge is -2.05. The molecule has 5 heteroatoms. The Morgan fingerprint density at radius 2 is 1.88 bits per heavy atom. The minimum atomic E-state index is -0.293. The van der Waals surface area contributed by atoms with Crippen LogP contribution < -0.4 is 10.7 Å². The van der Waals surface area contributed by atoms with Crippen LogP contribution in [0.4, 0.5) is 5.69 Å². The molecule has 2 N–H and O–H groups in total. The van der Waals surface area contributed by atoms with E-state index in [4.69, 9.17) is 0 Å². The van der Waals surface area contributed by atoms with E-state index in [2.05, 4.69) is 15.8 Å². The third-order valence-electron chi connectivity index (χ3n) is 3.78. The molecule has 0 aliphatic heterocycles. The fourth-order valence-electron chi connectivity index (χ4n) is 2.28. The first kappa shape index (κ1) is 15.9. The van der Waals surface area contributed by atoms with Crippen molar-refractivity contribution in [1.29, 1.82) is 0 Å². The number of rotatable bonds is 5. The summed E-state index contributed by atoms with van der Waals surface area (Å²) in [5, 5.41) is 6.81. The Morgan fingerprint density at radius 3 is 2.54 bits per heavy atom. The van der Waals surface area contributed by atoms with E-state index in [1.807, 2.05) is 31.2 Å². The number of carbonyl (C=O) groups excluding carboxylic acids is 2. The van der Waals surface area contributed by atoms with Gasteiger partial charge in [0.15, 0.2) is 0 Å². The van der Waals surface area contributed by atoms with Crippen molar-refractivity contribution in [1.82, 2.24) is 5.43 Å². The highest BCUT2D eigenvalue weighted by atomic mass is 16.2. The molecule has 2 amide bonds. The number of hydrogen-bond donors (Lipinski definition) is 2. The van der Waals surface area contributed by atoms with Crippen molar-refractivity contribution < 1.29 is 9.59 Å². The molecule has 1 saturated carbocycles. The van der Waals surface area contributed by atoms with Crippen molar-refractivity contribution in [3.05, 3.63) is 65.2 Å². The molecule has 0 spiro atoms. The van der Waals surface area contributed by atoms with Crippen LogP contribution in [-0.2, 0) is 4.79 Å². The smallest absolute Gasteiger partial charge is 0.271 e. The van der Waals surface area contributed by atoms with E-state index in [9.17, 15) is 9.59 Å². The number of hydrogen-bond acceptors (Lipinski definition) is 3. The van der Waals surface area contributed by atoms with Crippen LogP contribution in [0, 0.1) is 12.8 Å². The van der Waals surface area contributed by atoms with E-state index in [1.165, 1.54) is 0 Å². The number of nitrogens with zero attached hydrogens (tertiary/aromatic N) is 1. The van der Waals surface area contributed by atoms with Crippen molar-refractivity contribution in [2.75, 3.05) is 5.32 Å². The highest BCUT2D eigenvalue weighted by Crippen LogP contribution is 2.30. The van der Waals surface area contributed by atoms with Crippen LogP contribution in [0.3, 0.4) is 0 Å². The van der Waals surface area contributed by atoms with Gasteiger partial charge in [-0.3, -0.25) is 9.59 Å². The van der Waals surface area contributed by atoms with E-state index in [1.54, 1.807) is 30.5 Å². The molecule has 3 rings (SSSR count). The summed E-state index contributed by atoms with van der Waals surface area (Å²) in [5.74, 6) is -0.0853. The summed E-state index contributed by atoms with van der Waals surface area (Å²) in [6, 6.07) is 14.6. The van der Waals surface area contributed by atoms with Gasteiger partial charge >= 0.3 is 0 Å². The third-order valence-corrected chi connectivity index (χ3v) is 3.78. The highest BCUT2D eigenvalue weighted by molar-refractivity contribution is 5.97.